The van der Waals surface area contributed by atoms with Crippen LogP contribution in [0.25, 0.3) is 203 Å². The Labute approximate surface area is 699 Å². The average molecular weight is 1540 g/mol. The van der Waals surface area contributed by atoms with Gasteiger partial charge in [0.1, 0.15) is 0 Å². The third kappa shape index (κ3) is 12.9. The molecule has 0 aliphatic heterocycles. The predicted molar refractivity (Wildman–Crippen MR) is 515 cm³/mol. The van der Waals surface area contributed by atoms with Crippen molar-refractivity contribution in [1.82, 2.24) is 13.7 Å². The highest BCUT2D eigenvalue weighted by Gasteiger charge is 2.22. The summed E-state index contributed by atoms with van der Waals surface area (Å²) in [5, 5.41) is 20.7. The van der Waals surface area contributed by atoms with Crippen molar-refractivity contribution in [3.63, 3.8) is 0 Å². The van der Waals surface area contributed by atoms with Crippen LogP contribution in [0.1, 0.15) is 43.0 Å². The molecule has 120 heavy (non-hydrogen) atoms. The number of fused-ring (bicyclic) bond motifs is 16. The fraction of sp³-hybridized carbons (Fsp3) is 0.0598. The third-order valence-electron chi connectivity index (χ3n) is 24.9. The highest BCUT2D eigenvalue weighted by atomic mass is 15.0. The zero-order valence-corrected chi connectivity index (χ0v) is 68.2. The molecule has 0 fully saturated rings. The summed E-state index contributed by atoms with van der Waals surface area (Å²) < 4.78 is 7.15. The fourth-order valence-corrected chi connectivity index (χ4v) is 18.9. The Hall–Kier alpha value is -14.9. The summed E-state index contributed by atoms with van der Waals surface area (Å²) >= 11 is 0. The lowest BCUT2D eigenvalue weighted by Gasteiger charge is -2.20. The standard InChI is InChI=1S/C42H33N.C40H29N.C35H25N/c1-42(2,3)32-12-10-13-33(27-32)43-40-18-9-8-17-37(40)39-25-30(23-24-41(39)43)28-19-21-29(22-20-28)38-26-31-11-4-5-14-34(31)35-15-6-7-16-36(35)38;1-26-23-36(37-24-28-12-6-7-15-31(28)32-16-8-9-17-33(32)37)27(2)22-35(26)29-20-21-40-38(25-29)34-18-10-11-19-39(34)41(40)30-13-4-3-5-14-30;1-24-15-21-30(31-12-6-5-11-29(24)31)26-18-16-25(17-19-26)27-20-22-35-33(23-27)32-13-7-8-14-34(32)36(35)28-9-3-2-4-10-28/h4-27H,1-3H3;3-25H,1-2H3;2-23H,1H3. The van der Waals surface area contributed by atoms with Crippen molar-refractivity contribution in [3.8, 4) is 83.8 Å². The number of hydrogen-bond donors (Lipinski definition) is 0. The first-order valence-electron chi connectivity index (χ1n) is 41.9. The number of rotatable bonds is 9. The first-order valence-corrected chi connectivity index (χ1v) is 41.9. The number of para-hydroxylation sites is 5. The molecular formula is C117H87N3. The summed E-state index contributed by atoms with van der Waals surface area (Å²) in [5.74, 6) is 0. The lowest BCUT2D eigenvalue weighted by molar-refractivity contribution is 0.590. The van der Waals surface area contributed by atoms with Gasteiger partial charge in [-0.2, -0.15) is 0 Å². The van der Waals surface area contributed by atoms with Crippen LogP contribution in [0.5, 0.6) is 0 Å². The molecule has 0 aliphatic rings. The van der Waals surface area contributed by atoms with E-state index in [-0.39, 0.29) is 5.41 Å². The molecule has 0 saturated carbocycles. The van der Waals surface area contributed by atoms with Crippen LogP contribution < -0.4 is 0 Å². The van der Waals surface area contributed by atoms with E-state index < -0.39 is 0 Å². The second-order valence-corrected chi connectivity index (χ2v) is 33.2. The number of nitrogens with zero attached hydrogens (tertiary/aromatic N) is 3. The molecule has 0 atom stereocenters. The van der Waals surface area contributed by atoms with Crippen molar-refractivity contribution in [2.75, 3.05) is 0 Å². The van der Waals surface area contributed by atoms with Crippen molar-refractivity contribution < 1.29 is 0 Å². The predicted octanol–water partition coefficient (Wildman–Crippen LogP) is 32.3. The molecule has 0 aliphatic carbocycles. The lowest BCUT2D eigenvalue weighted by Crippen LogP contribution is -2.11. The van der Waals surface area contributed by atoms with Gasteiger partial charge in [0.2, 0.25) is 0 Å². The van der Waals surface area contributed by atoms with E-state index in [4.69, 9.17) is 0 Å². The van der Waals surface area contributed by atoms with Gasteiger partial charge in [-0.25, -0.2) is 0 Å². The minimum absolute atomic E-state index is 0.0905. The second-order valence-electron chi connectivity index (χ2n) is 33.2. The van der Waals surface area contributed by atoms with E-state index in [1.165, 1.54) is 225 Å². The molecule has 0 bridgehead atoms. The fourth-order valence-electron chi connectivity index (χ4n) is 18.9. The lowest BCUT2D eigenvalue weighted by atomic mass is 9.87. The summed E-state index contributed by atoms with van der Waals surface area (Å²) in [6.45, 7) is 13.5. The van der Waals surface area contributed by atoms with E-state index in [2.05, 4.69) is 474 Å². The molecule has 570 valence electrons. The summed E-state index contributed by atoms with van der Waals surface area (Å²) in [5.41, 5.74) is 31.4. The van der Waals surface area contributed by atoms with Crippen molar-refractivity contribution in [3.05, 3.63) is 441 Å². The van der Waals surface area contributed by atoms with E-state index in [0.29, 0.717) is 0 Å². The highest BCUT2D eigenvalue weighted by molar-refractivity contribution is 6.17. The first kappa shape index (κ1) is 72.8. The Bertz CT molecular complexity index is 7940. The quantitative estimate of drug-likeness (QED) is 0.128. The molecule has 0 N–H and O–H groups in total. The summed E-state index contributed by atoms with van der Waals surface area (Å²) in [6, 6.07) is 153. The van der Waals surface area contributed by atoms with Crippen LogP contribution in [0.3, 0.4) is 0 Å². The van der Waals surface area contributed by atoms with Gasteiger partial charge in [-0.1, -0.05) is 336 Å². The number of hydrogen-bond acceptors (Lipinski definition) is 0. The van der Waals surface area contributed by atoms with Crippen molar-refractivity contribution in [2.24, 2.45) is 0 Å². The molecule has 0 unspecified atom stereocenters. The molecular weight excluding hydrogens is 1450 g/mol. The summed E-state index contributed by atoms with van der Waals surface area (Å²) in [6.07, 6.45) is 0. The molecule has 3 nitrogen and oxygen atoms in total. The van der Waals surface area contributed by atoms with Gasteiger partial charge in [-0.3, -0.25) is 0 Å². The molecule has 0 amide bonds. The van der Waals surface area contributed by atoms with Gasteiger partial charge < -0.3 is 13.7 Å². The molecule has 23 rings (SSSR count). The Morgan fingerprint density at radius 2 is 0.500 bits per heavy atom. The maximum Gasteiger partial charge on any atom is 0.0541 e. The summed E-state index contributed by atoms with van der Waals surface area (Å²) in [7, 11) is 0. The smallest absolute Gasteiger partial charge is 0.0541 e. The van der Waals surface area contributed by atoms with Crippen LogP contribution in [0.4, 0.5) is 0 Å². The Morgan fingerprint density at radius 1 is 0.167 bits per heavy atom. The van der Waals surface area contributed by atoms with Gasteiger partial charge in [0.25, 0.3) is 0 Å². The zero-order valence-electron chi connectivity index (χ0n) is 68.2. The van der Waals surface area contributed by atoms with Gasteiger partial charge in [0, 0.05) is 49.4 Å². The zero-order chi connectivity index (χ0) is 80.7. The Morgan fingerprint density at radius 3 is 0.992 bits per heavy atom. The van der Waals surface area contributed by atoms with E-state index >= 15 is 0 Å². The number of aryl methyl sites for hydroxylation is 3. The van der Waals surface area contributed by atoms with Crippen LogP contribution >= 0.6 is 0 Å². The maximum atomic E-state index is 2.41. The van der Waals surface area contributed by atoms with E-state index in [1.807, 2.05) is 0 Å². The van der Waals surface area contributed by atoms with Crippen molar-refractivity contribution >= 4 is 119 Å². The molecule has 20 aromatic carbocycles. The summed E-state index contributed by atoms with van der Waals surface area (Å²) in [4.78, 5) is 0. The monoisotopic (exact) mass is 1530 g/mol. The van der Waals surface area contributed by atoms with Crippen LogP contribution in [0, 0.1) is 20.8 Å². The third-order valence-corrected chi connectivity index (χ3v) is 24.9. The number of aromatic nitrogens is 3. The van der Waals surface area contributed by atoms with Crippen molar-refractivity contribution in [2.45, 2.75) is 47.0 Å². The van der Waals surface area contributed by atoms with Gasteiger partial charge in [-0.15, -0.1) is 0 Å². The maximum absolute atomic E-state index is 2.41. The topological polar surface area (TPSA) is 14.8 Å². The Balaban J connectivity index is 0.000000112. The Kier molecular flexibility index (Phi) is 18.2. The van der Waals surface area contributed by atoms with E-state index in [1.54, 1.807) is 0 Å². The molecule has 23 aromatic rings. The van der Waals surface area contributed by atoms with Gasteiger partial charge in [0.15, 0.2) is 0 Å². The average Bonchev–Trinajstić information content (AvgIpc) is 1.70. The molecule has 3 heteroatoms. The van der Waals surface area contributed by atoms with Crippen LogP contribution in [0.15, 0.2) is 419 Å². The first-order chi connectivity index (χ1) is 58.9. The van der Waals surface area contributed by atoms with E-state index in [9.17, 15) is 0 Å². The number of benzene rings is 20. The molecule has 0 saturated heterocycles. The highest BCUT2D eigenvalue weighted by Crippen LogP contribution is 2.45. The SMILES string of the molecule is CC(C)(C)c1cccc(-n2c3ccccc3c3cc(-c4ccc(-c5cc6ccccc6c6ccccc56)cc4)ccc32)c1.Cc1cc(-c2cc3ccccc3c3ccccc23)c(C)cc1-c1ccc2c(c1)c1ccccc1n2-c1ccccc1.Cc1ccc(-c2ccc(-c3ccc4c(c3)c3ccccc3n4-c3ccccc3)cc2)c2ccccc12. The largest absolute Gasteiger partial charge is 0.309 e. The minimum Gasteiger partial charge on any atom is -0.309 e. The van der Waals surface area contributed by atoms with Crippen LogP contribution in [0.2, 0.25) is 0 Å². The molecule has 0 radical (unpaired) electrons. The van der Waals surface area contributed by atoms with Crippen LogP contribution in [-0.4, -0.2) is 13.7 Å². The van der Waals surface area contributed by atoms with Gasteiger partial charge in [0.05, 0.1) is 33.1 Å². The van der Waals surface area contributed by atoms with Crippen molar-refractivity contribution in [1.29, 1.82) is 0 Å². The molecule has 3 heterocycles. The van der Waals surface area contributed by atoms with Crippen LogP contribution in [-0.2, 0) is 5.41 Å². The second kappa shape index (κ2) is 30.0. The van der Waals surface area contributed by atoms with Gasteiger partial charge in [-0.05, 0) is 272 Å². The van der Waals surface area contributed by atoms with Gasteiger partial charge >= 0.3 is 0 Å². The minimum atomic E-state index is 0.0905. The van der Waals surface area contributed by atoms with E-state index in [0.717, 1.165) is 0 Å². The molecule has 0 spiro atoms. The normalized spacial score (nSPS) is 11.8. The molecule has 3 aromatic heterocycles.